The van der Waals surface area contributed by atoms with Crippen molar-refractivity contribution in [2.24, 2.45) is 0 Å². The summed E-state index contributed by atoms with van der Waals surface area (Å²) in [6, 6.07) is 26.2. The van der Waals surface area contributed by atoms with Gasteiger partial charge in [0.25, 0.3) is 0 Å². The molecule has 1 fully saturated rings. The highest BCUT2D eigenvalue weighted by atomic mass is 16.5. The Kier molecular flexibility index (Phi) is 5.94. The lowest BCUT2D eigenvalue weighted by molar-refractivity contribution is -0.117. The molecule has 0 N–H and O–H groups in total. The van der Waals surface area contributed by atoms with Crippen molar-refractivity contribution in [3.8, 4) is 5.75 Å². The van der Waals surface area contributed by atoms with Crippen molar-refractivity contribution in [1.29, 1.82) is 0 Å². The fourth-order valence-corrected chi connectivity index (χ4v) is 4.48. The Bertz CT molecular complexity index is 1280. The summed E-state index contributed by atoms with van der Waals surface area (Å²) in [6.07, 6.45) is 4.75. The zero-order valence-corrected chi connectivity index (χ0v) is 18.7. The van der Waals surface area contributed by atoms with Gasteiger partial charge in [-0.25, -0.2) is 4.98 Å². The maximum Gasteiger partial charge on any atom is 0.227 e. The number of rotatable bonds is 7. The molecule has 0 aliphatic carbocycles. The number of hydrogen-bond acceptors (Lipinski definition) is 3. The minimum absolute atomic E-state index is 0.0431. The molecule has 1 aromatic heterocycles. The van der Waals surface area contributed by atoms with Crippen molar-refractivity contribution in [1.82, 2.24) is 9.55 Å². The Morgan fingerprint density at radius 1 is 1.00 bits per heavy atom. The second kappa shape index (κ2) is 9.33. The highest BCUT2D eigenvalue weighted by Crippen LogP contribution is 2.34. The molecule has 0 radical (unpaired) electrons. The highest BCUT2D eigenvalue weighted by molar-refractivity contribution is 5.96. The number of carbonyl (C=O) groups is 1. The smallest absolute Gasteiger partial charge is 0.227 e. The van der Waals surface area contributed by atoms with Crippen molar-refractivity contribution in [3.63, 3.8) is 0 Å². The molecule has 0 unspecified atom stereocenters. The van der Waals surface area contributed by atoms with Gasteiger partial charge in [-0.05, 0) is 48.9 Å². The maximum absolute atomic E-state index is 12.9. The number of benzene rings is 3. The molecule has 0 spiro atoms. The number of carbonyl (C=O) groups excluding carboxylic acids is 1. The molecule has 1 amide bonds. The number of fused-ring (bicyclic) bond motifs is 1. The van der Waals surface area contributed by atoms with E-state index < -0.39 is 0 Å². The Hall–Kier alpha value is -3.86. The van der Waals surface area contributed by atoms with Gasteiger partial charge in [-0.15, -0.1) is 0 Å². The number of para-hydroxylation sites is 2. The topological polar surface area (TPSA) is 47.4 Å². The van der Waals surface area contributed by atoms with E-state index in [9.17, 15) is 4.79 Å². The van der Waals surface area contributed by atoms with Crippen molar-refractivity contribution >= 4 is 28.7 Å². The number of aromatic nitrogens is 2. The fourth-order valence-electron chi connectivity index (χ4n) is 4.48. The minimum atomic E-state index is 0.0431. The average molecular weight is 438 g/mol. The minimum Gasteiger partial charge on any atom is -0.494 e. The second-order valence-corrected chi connectivity index (χ2v) is 8.21. The van der Waals surface area contributed by atoms with E-state index in [-0.39, 0.29) is 11.8 Å². The van der Waals surface area contributed by atoms with Gasteiger partial charge in [0.2, 0.25) is 5.91 Å². The highest BCUT2D eigenvalue weighted by Gasteiger charge is 2.34. The molecule has 2 heterocycles. The molecule has 1 aliphatic heterocycles. The van der Waals surface area contributed by atoms with Crippen LogP contribution in [-0.2, 0) is 11.3 Å². The van der Waals surface area contributed by atoms with Crippen LogP contribution in [-0.4, -0.2) is 28.6 Å². The monoisotopic (exact) mass is 437 g/mol. The van der Waals surface area contributed by atoms with Crippen LogP contribution >= 0.6 is 0 Å². The first-order chi connectivity index (χ1) is 16.2. The van der Waals surface area contributed by atoms with Crippen molar-refractivity contribution in [2.45, 2.75) is 25.8 Å². The van der Waals surface area contributed by atoms with E-state index in [1.165, 1.54) is 5.56 Å². The molecule has 0 saturated carbocycles. The van der Waals surface area contributed by atoms with Gasteiger partial charge in [0.05, 0.1) is 17.6 Å². The molecule has 4 aromatic rings. The van der Waals surface area contributed by atoms with Crippen molar-refractivity contribution in [2.75, 3.05) is 18.1 Å². The third-order valence-corrected chi connectivity index (χ3v) is 6.03. The number of hydrogen-bond donors (Lipinski definition) is 0. The van der Waals surface area contributed by atoms with Crippen LogP contribution < -0.4 is 9.64 Å². The van der Waals surface area contributed by atoms with Crippen LogP contribution in [0.4, 0.5) is 5.69 Å². The largest absolute Gasteiger partial charge is 0.494 e. The lowest BCUT2D eigenvalue weighted by Gasteiger charge is -2.17. The first-order valence-electron chi connectivity index (χ1n) is 11.4. The Balaban J connectivity index is 1.41. The summed E-state index contributed by atoms with van der Waals surface area (Å²) >= 11 is 0. The molecular formula is C28H27N3O2. The van der Waals surface area contributed by atoms with Gasteiger partial charge in [0.15, 0.2) is 0 Å². The molecule has 1 saturated heterocycles. The number of ether oxygens (including phenoxy) is 1. The SMILES string of the molecule is CCOc1ccc(N2C[C@@H](c3nc4ccccc4n3C/C=C/c3ccccc3)CC2=O)cc1. The number of amides is 1. The molecule has 0 bridgehead atoms. The quantitative estimate of drug-likeness (QED) is 0.374. The Labute approximate surface area is 193 Å². The van der Waals surface area contributed by atoms with Crippen molar-refractivity contribution < 1.29 is 9.53 Å². The van der Waals surface area contributed by atoms with Crippen LogP contribution in [0.15, 0.2) is 84.9 Å². The Morgan fingerprint density at radius 3 is 2.55 bits per heavy atom. The number of nitrogens with zero attached hydrogens (tertiary/aromatic N) is 3. The van der Waals surface area contributed by atoms with Crippen LogP contribution in [0.25, 0.3) is 17.1 Å². The van der Waals surface area contributed by atoms with Crippen LogP contribution in [0.2, 0.25) is 0 Å². The van der Waals surface area contributed by atoms with Gasteiger partial charge in [-0.3, -0.25) is 4.79 Å². The van der Waals surface area contributed by atoms with Gasteiger partial charge >= 0.3 is 0 Å². The molecule has 1 aliphatic rings. The second-order valence-electron chi connectivity index (χ2n) is 8.21. The average Bonchev–Trinajstić information content (AvgIpc) is 3.41. The summed E-state index contributed by atoms with van der Waals surface area (Å²) in [5.74, 6) is 1.95. The van der Waals surface area contributed by atoms with Gasteiger partial charge in [0.1, 0.15) is 11.6 Å². The summed E-state index contributed by atoms with van der Waals surface area (Å²) in [5.41, 5.74) is 4.13. The lowest BCUT2D eigenvalue weighted by atomic mass is 10.1. The van der Waals surface area contributed by atoms with Crippen LogP contribution in [0, 0.1) is 0 Å². The van der Waals surface area contributed by atoms with Crippen LogP contribution in [0.3, 0.4) is 0 Å². The zero-order chi connectivity index (χ0) is 22.6. The number of anilines is 1. The standard InChI is InChI=1S/C28H27N3O2/c1-2-33-24-16-14-23(15-17-24)31-20-22(19-27(31)32)28-29-25-12-6-7-13-26(25)30(28)18-8-11-21-9-4-3-5-10-21/h3-17,22H,2,18-20H2,1H3/b11-8+/t22-/m0/s1. The molecule has 3 aromatic carbocycles. The molecule has 5 heteroatoms. The number of allylic oxidation sites excluding steroid dienone is 1. The van der Waals surface area contributed by atoms with E-state index in [0.29, 0.717) is 26.1 Å². The molecule has 33 heavy (non-hydrogen) atoms. The number of imidazole rings is 1. The van der Waals surface area contributed by atoms with Crippen LogP contribution in [0.1, 0.15) is 30.7 Å². The summed E-state index contributed by atoms with van der Waals surface area (Å²) in [5, 5.41) is 0. The maximum atomic E-state index is 12.9. The van der Waals surface area contributed by atoms with Gasteiger partial charge < -0.3 is 14.2 Å². The van der Waals surface area contributed by atoms with Crippen molar-refractivity contribution in [3.05, 3.63) is 96.3 Å². The first-order valence-corrected chi connectivity index (χ1v) is 11.4. The predicted molar refractivity (Wildman–Crippen MR) is 133 cm³/mol. The van der Waals surface area contributed by atoms with Gasteiger partial charge in [-0.2, -0.15) is 0 Å². The first kappa shape index (κ1) is 21.0. The Morgan fingerprint density at radius 2 is 1.76 bits per heavy atom. The van der Waals surface area contributed by atoms with Gasteiger partial charge in [-0.1, -0.05) is 54.6 Å². The third-order valence-electron chi connectivity index (χ3n) is 6.03. The van der Waals surface area contributed by atoms with Gasteiger partial charge in [0, 0.05) is 31.1 Å². The summed E-state index contributed by atoms with van der Waals surface area (Å²) in [6.45, 7) is 3.92. The molecular weight excluding hydrogens is 410 g/mol. The van der Waals surface area contributed by atoms with E-state index >= 15 is 0 Å². The third kappa shape index (κ3) is 4.40. The summed E-state index contributed by atoms with van der Waals surface area (Å²) in [7, 11) is 0. The molecule has 1 atom stereocenters. The van der Waals surface area contributed by atoms with E-state index in [2.05, 4.69) is 34.9 Å². The summed E-state index contributed by atoms with van der Waals surface area (Å²) in [4.78, 5) is 19.8. The summed E-state index contributed by atoms with van der Waals surface area (Å²) < 4.78 is 7.78. The van der Waals surface area contributed by atoms with E-state index in [1.807, 2.05) is 72.5 Å². The van der Waals surface area contributed by atoms with E-state index in [0.717, 1.165) is 28.3 Å². The predicted octanol–water partition coefficient (Wildman–Crippen LogP) is 5.67. The van der Waals surface area contributed by atoms with Crippen LogP contribution in [0.5, 0.6) is 5.75 Å². The zero-order valence-electron chi connectivity index (χ0n) is 18.7. The van der Waals surface area contributed by atoms with E-state index in [1.54, 1.807) is 0 Å². The normalized spacial score (nSPS) is 16.2. The van der Waals surface area contributed by atoms with E-state index in [4.69, 9.17) is 9.72 Å². The molecule has 5 nitrogen and oxygen atoms in total. The fraction of sp³-hybridized carbons (Fsp3) is 0.214. The lowest BCUT2D eigenvalue weighted by Crippen LogP contribution is -2.24. The molecule has 166 valence electrons. The molecule has 5 rings (SSSR count).